The van der Waals surface area contributed by atoms with E-state index in [-0.39, 0.29) is 11.3 Å². The number of hydrogen-bond acceptors (Lipinski definition) is 4. The normalized spacial score (nSPS) is 10.7. The summed E-state index contributed by atoms with van der Waals surface area (Å²) >= 11 is 6.09. The summed E-state index contributed by atoms with van der Waals surface area (Å²) in [6.07, 6.45) is 0. The monoisotopic (exact) mass is 405 g/mol. The molecule has 0 saturated heterocycles. The van der Waals surface area contributed by atoms with Crippen molar-refractivity contribution in [3.05, 3.63) is 93.6 Å². The molecule has 3 aromatic carbocycles. The molecule has 0 unspecified atom stereocenters. The van der Waals surface area contributed by atoms with E-state index in [0.717, 1.165) is 0 Å². The van der Waals surface area contributed by atoms with Crippen molar-refractivity contribution in [1.29, 1.82) is 0 Å². The van der Waals surface area contributed by atoms with E-state index >= 15 is 0 Å². The predicted molar refractivity (Wildman–Crippen MR) is 114 cm³/mol. The van der Waals surface area contributed by atoms with Gasteiger partial charge in [0.15, 0.2) is 5.43 Å². The summed E-state index contributed by atoms with van der Waals surface area (Å²) in [5, 5.41) is 3.56. The standard InChI is InChI=1S/C23H16ClNO4/c1-28-20-9-5-3-7-17(20)22-13-19(26)16-11-10-14(12-21(16)29-22)25-23(27)15-6-2-4-8-18(15)24/h2-13H,1H3,(H,25,27). The molecule has 0 spiro atoms. The highest BCUT2D eigenvalue weighted by atomic mass is 35.5. The summed E-state index contributed by atoms with van der Waals surface area (Å²) in [6, 6.07) is 20.4. The number of halogens is 1. The molecule has 0 saturated carbocycles. The van der Waals surface area contributed by atoms with E-state index in [9.17, 15) is 9.59 Å². The van der Waals surface area contributed by atoms with Crippen LogP contribution in [-0.2, 0) is 0 Å². The van der Waals surface area contributed by atoms with Gasteiger partial charge in [-0.2, -0.15) is 0 Å². The van der Waals surface area contributed by atoms with Gasteiger partial charge < -0.3 is 14.5 Å². The lowest BCUT2D eigenvalue weighted by molar-refractivity contribution is 0.102. The first-order chi connectivity index (χ1) is 14.1. The molecule has 0 bridgehead atoms. The summed E-state index contributed by atoms with van der Waals surface area (Å²) < 4.78 is 11.3. The van der Waals surface area contributed by atoms with Gasteiger partial charge in [0, 0.05) is 17.8 Å². The van der Waals surface area contributed by atoms with E-state index in [0.29, 0.717) is 44.3 Å². The summed E-state index contributed by atoms with van der Waals surface area (Å²) in [7, 11) is 1.56. The number of ether oxygens (including phenoxy) is 1. The van der Waals surface area contributed by atoms with Crippen LogP contribution in [0.4, 0.5) is 5.69 Å². The molecular weight excluding hydrogens is 390 g/mol. The van der Waals surface area contributed by atoms with Crippen molar-refractivity contribution in [3.63, 3.8) is 0 Å². The third kappa shape index (κ3) is 3.73. The Kier molecular flexibility index (Phi) is 5.06. The molecule has 29 heavy (non-hydrogen) atoms. The summed E-state index contributed by atoms with van der Waals surface area (Å²) in [5.74, 6) is 0.630. The average molecular weight is 406 g/mol. The zero-order chi connectivity index (χ0) is 20.4. The van der Waals surface area contributed by atoms with Crippen LogP contribution in [0.3, 0.4) is 0 Å². The lowest BCUT2D eigenvalue weighted by atomic mass is 10.1. The molecule has 1 aromatic heterocycles. The van der Waals surface area contributed by atoms with Crippen molar-refractivity contribution in [2.75, 3.05) is 12.4 Å². The maximum absolute atomic E-state index is 12.6. The zero-order valence-corrected chi connectivity index (χ0v) is 16.2. The van der Waals surface area contributed by atoms with E-state index in [1.54, 1.807) is 55.6 Å². The Hall–Kier alpha value is -3.57. The highest BCUT2D eigenvalue weighted by molar-refractivity contribution is 6.34. The second-order valence-electron chi connectivity index (χ2n) is 6.32. The molecule has 0 fully saturated rings. The predicted octanol–water partition coefficient (Wildman–Crippen LogP) is 5.37. The fourth-order valence-electron chi connectivity index (χ4n) is 3.06. The lowest BCUT2D eigenvalue weighted by Gasteiger charge is -2.10. The molecule has 4 aromatic rings. The number of benzene rings is 3. The minimum Gasteiger partial charge on any atom is -0.496 e. The number of carbonyl (C=O) groups excluding carboxylic acids is 1. The quantitative estimate of drug-likeness (QED) is 0.495. The van der Waals surface area contributed by atoms with Gasteiger partial charge in [0.05, 0.1) is 28.6 Å². The molecule has 0 aliphatic carbocycles. The molecule has 0 radical (unpaired) electrons. The highest BCUT2D eigenvalue weighted by Gasteiger charge is 2.13. The number of carbonyl (C=O) groups is 1. The van der Waals surface area contributed by atoms with Gasteiger partial charge in [-0.15, -0.1) is 0 Å². The smallest absolute Gasteiger partial charge is 0.257 e. The number of rotatable bonds is 4. The summed E-state index contributed by atoms with van der Waals surface area (Å²) in [6.45, 7) is 0. The van der Waals surface area contributed by atoms with E-state index < -0.39 is 0 Å². The maximum Gasteiger partial charge on any atom is 0.257 e. The number of methoxy groups -OCH3 is 1. The third-order valence-electron chi connectivity index (χ3n) is 4.48. The van der Waals surface area contributed by atoms with Crippen molar-refractivity contribution in [3.8, 4) is 17.1 Å². The van der Waals surface area contributed by atoms with Crippen molar-refractivity contribution >= 4 is 34.2 Å². The second kappa shape index (κ2) is 7.81. The molecule has 1 amide bonds. The van der Waals surface area contributed by atoms with E-state index in [1.807, 2.05) is 18.2 Å². The molecule has 4 rings (SSSR count). The van der Waals surface area contributed by atoms with Crippen LogP contribution in [0, 0.1) is 0 Å². The number of amides is 1. The van der Waals surface area contributed by atoms with E-state index in [1.165, 1.54) is 6.07 Å². The van der Waals surface area contributed by atoms with E-state index in [2.05, 4.69) is 5.32 Å². The molecule has 144 valence electrons. The van der Waals surface area contributed by atoms with Crippen LogP contribution < -0.4 is 15.5 Å². The van der Waals surface area contributed by atoms with Gasteiger partial charge >= 0.3 is 0 Å². The molecule has 0 aliphatic rings. The first-order valence-corrected chi connectivity index (χ1v) is 9.22. The number of para-hydroxylation sites is 1. The van der Waals surface area contributed by atoms with Crippen LogP contribution >= 0.6 is 11.6 Å². The highest BCUT2D eigenvalue weighted by Crippen LogP contribution is 2.31. The minimum absolute atomic E-state index is 0.184. The molecule has 6 heteroatoms. The van der Waals surface area contributed by atoms with Gasteiger partial charge in [-0.25, -0.2) is 0 Å². The maximum atomic E-state index is 12.6. The van der Waals surface area contributed by atoms with Crippen LogP contribution in [0.5, 0.6) is 5.75 Å². The number of nitrogens with one attached hydrogen (secondary N) is 1. The molecular formula is C23H16ClNO4. The van der Waals surface area contributed by atoms with Crippen LogP contribution in [0.15, 0.2) is 82.0 Å². The Labute approximate surface area is 171 Å². The van der Waals surface area contributed by atoms with Gasteiger partial charge in [-0.1, -0.05) is 35.9 Å². The Morgan fingerprint density at radius 3 is 2.55 bits per heavy atom. The number of anilines is 1. The SMILES string of the molecule is COc1ccccc1-c1cc(=O)c2ccc(NC(=O)c3ccccc3Cl)cc2o1. The van der Waals surface area contributed by atoms with Crippen molar-refractivity contribution in [2.24, 2.45) is 0 Å². The van der Waals surface area contributed by atoms with Gasteiger partial charge in [-0.05, 0) is 36.4 Å². The summed E-state index contributed by atoms with van der Waals surface area (Å²) in [4.78, 5) is 25.1. The van der Waals surface area contributed by atoms with Gasteiger partial charge in [-0.3, -0.25) is 9.59 Å². The lowest BCUT2D eigenvalue weighted by Crippen LogP contribution is -2.12. The molecule has 1 heterocycles. The van der Waals surface area contributed by atoms with Crippen LogP contribution in [0.2, 0.25) is 5.02 Å². The largest absolute Gasteiger partial charge is 0.496 e. The number of hydrogen-bond donors (Lipinski definition) is 1. The molecule has 0 aliphatic heterocycles. The first-order valence-electron chi connectivity index (χ1n) is 8.84. The van der Waals surface area contributed by atoms with Gasteiger partial charge in [0.1, 0.15) is 17.1 Å². The fourth-order valence-corrected chi connectivity index (χ4v) is 3.28. The van der Waals surface area contributed by atoms with Crippen LogP contribution in [-0.4, -0.2) is 13.0 Å². The van der Waals surface area contributed by atoms with Gasteiger partial charge in [0.25, 0.3) is 5.91 Å². The van der Waals surface area contributed by atoms with Crippen molar-refractivity contribution in [1.82, 2.24) is 0 Å². The number of fused-ring (bicyclic) bond motifs is 1. The molecule has 1 N–H and O–H groups in total. The molecule has 0 atom stereocenters. The topological polar surface area (TPSA) is 68.5 Å². The fraction of sp³-hybridized carbons (Fsp3) is 0.0435. The van der Waals surface area contributed by atoms with Crippen molar-refractivity contribution in [2.45, 2.75) is 0 Å². The average Bonchev–Trinajstić information content (AvgIpc) is 2.73. The molecule has 5 nitrogen and oxygen atoms in total. The van der Waals surface area contributed by atoms with E-state index in [4.69, 9.17) is 20.8 Å². The third-order valence-corrected chi connectivity index (χ3v) is 4.81. The van der Waals surface area contributed by atoms with Crippen LogP contribution in [0.25, 0.3) is 22.3 Å². The van der Waals surface area contributed by atoms with Gasteiger partial charge in [0.2, 0.25) is 0 Å². The Morgan fingerprint density at radius 2 is 1.76 bits per heavy atom. The first kappa shape index (κ1) is 18.8. The second-order valence-corrected chi connectivity index (χ2v) is 6.73. The Morgan fingerprint density at radius 1 is 1.00 bits per heavy atom. The van der Waals surface area contributed by atoms with Crippen LogP contribution in [0.1, 0.15) is 10.4 Å². The van der Waals surface area contributed by atoms with Crippen molar-refractivity contribution < 1.29 is 13.9 Å². The Balaban J connectivity index is 1.74. The Bertz CT molecular complexity index is 1280. The zero-order valence-electron chi connectivity index (χ0n) is 15.4. The minimum atomic E-state index is -0.349. The summed E-state index contributed by atoms with van der Waals surface area (Å²) in [5.41, 5.74) is 1.69.